The number of nitrogens with zero attached hydrogens (tertiary/aromatic N) is 4. The highest BCUT2D eigenvalue weighted by Gasteiger charge is 2.21. The monoisotopic (exact) mass is 403 g/mol. The zero-order valence-electron chi connectivity index (χ0n) is 16.4. The van der Waals surface area contributed by atoms with E-state index in [0.717, 1.165) is 25.7 Å². The summed E-state index contributed by atoms with van der Waals surface area (Å²) in [6.45, 7) is 0.695. The van der Waals surface area contributed by atoms with Gasteiger partial charge in [0.25, 0.3) is 0 Å². The average Bonchev–Trinajstić information content (AvgIpc) is 3.14. The number of phenolic OH excluding ortho intramolecular Hbond substituents is 1. The molecule has 0 radical (unpaired) electrons. The Morgan fingerprint density at radius 1 is 1.13 bits per heavy atom. The molecule has 0 saturated heterocycles. The molecule has 1 unspecified atom stereocenters. The smallest absolute Gasteiger partial charge is 0.165 e. The van der Waals surface area contributed by atoms with E-state index in [0.29, 0.717) is 40.6 Å². The van der Waals surface area contributed by atoms with E-state index in [1.807, 2.05) is 4.68 Å². The first-order valence-corrected chi connectivity index (χ1v) is 10.1. The maximum Gasteiger partial charge on any atom is 0.165 e. The van der Waals surface area contributed by atoms with Crippen molar-refractivity contribution in [2.45, 2.75) is 32.2 Å². The van der Waals surface area contributed by atoms with Crippen LogP contribution in [-0.2, 0) is 19.4 Å². The summed E-state index contributed by atoms with van der Waals surface area (Å²) in [6, 6.07) is 12.8. The van der Waals surface area contributed by atoms with Gasteiger partial charge in [0.05, 0.1) is 5.39 Å². The molecule has 5 rings (SSSR count). The Morgan fingerprint density at radius 3 is 2.80 bits per heavy atom. The maximum absolute atomic E-state index is 13.9. The van der Waals surface area contributed by atoms with Gasteiger partial charge < -0.3 is 10.8 Å². The second-order valence-corrected chi connectivity index (χ2v) is 7.86. The molecule has 1 aliphatic carbocycles. The number of halogens is 1. The molecule has 0 bridgehead atoms. The topological polar surface area (TPSA) is 89.8 Å². The minimum Gasteiger partial charge on any atom is -0.505 e. The molecule has 2 heterocycles. The van der Waals surface area contributed by atoms with Crippen LogP contribution in [0.15, 0.2) is 48.8 Å². The quantitative estimate of drug-likeness (QED) is 0.535. The minimum atomic E-state index is -0.702. The molecule has 3 N–H and O–H groups in total. The number of fused-ring (bicyclic) bond motifs is 2. The van der Waals surface area contributed by atoms with Crippen LogP contribution in [0.4, 0.5) is 10.2 Å². The fraction of sp³-hybridized carbons (Fsp3) is 0.261. The van der Waals surface area contributed by atoms with Gasteiger partial charge in [0, 0.05) is 12.1 Å². The summed E-state index contributed by atoms with van der Waals surface area (Å²) in [5.41, 5.74) is 10.7. The minimum absolute atomic E-state index is 0.307. The fourth-order valence-corrected chi connectivity index (χ4v) is 4.37. The molecule has 0 saturated carbocycles. The van der Waals surface area contributed by atoms with Crippen LogP contribution in [0.2, 0.25) is 0 Å². The average molecular weight is 403 g/mol. The van der Waals surface area contributed by atoms with E-state index in [2.05, 4.69) is 34.2 Å². The first-order chi connectivity index (χ1) is 14.6. The summed E-state index contributed by atoms with van der Waals surface area (Å²) in [7, 11) is 0. The van der Waals surface area contributed by atoms with Crippen molar-refractivity contribution in [2.24, 2.45) is 5.92 Å². The van der Waals surface area contributed by atoms with E-state index >= 15 is 0 Å². The molecule has 2 aromatic carbocycles. The lowest BCUT2D eigenvalue weighted by Crippen LogP contribution is -2.16. The molecule has 7 heteroatoms. The summed E-state index contributed by atoms with van der Waals surface area (Å²) in [5.74, 6) is -0.218. The van der Waals surface area contributed by atoms with Gasteiger partial charge in [-0.1, -0.05) is 24.3 Å². The first kappa shape index (κ1) is 18.5. The van der Waals surface area contributed by atoms with Gasteiger partial charge in [-0.05, 0) is 60.9 Å². The van der Waals surface area contributed by atoms with E-state index in [1.165, 1.54) is 29.6 Å². The number of hydrogen-bond acceptors (Lipinski definition) is 5. The Hall–Kier alpha value is -3.48. The van der Waals surface area contributed by atoms with Crippen LogP contribution in [-0.4, -0.2) is 24.9 Å². The standard InChI is InChI=1S/C23H22FN5O/c24-18-12-17(7-8-19(18)30)21-20-22(25)26-13-27-23(20)29(28-21)10-9-14-5-6-15-3-1-2-4-16(15)11-14/h1-4,7-8,12-14,30H,5-6,9-11H2,(H2,25,26,27). The highest BCUT2D eigenvalue weighted by atomic mass is 19.1. The van der Waals surface area contributed by atoms with Crippen molar-refractivity contribution in [3.05, 3.63) is 65.7 Å². The summed E-state index contributed by atoms with van der Waals surface area (Å²) < 4.78 is 15.8. The van der Waals surface area contributed by atoms with Gasteiger partial charge in [0.2, 0.25) is 0 Å². The molecule has 4 aromatic rings. The van der Waals surface area contributed by atoms with Crippen LogP contribution in [0.3, 0.4) is 0 Å². The van der Waals surface area contributed by atoms with Crippen molar-refractivity contribution in [3.8, 4) is 17.0 Å². The Kier molecular flexibility index (Phi) is 4.58. The molecule has 6 nitrogen and oxygen atoms in total. The lowest BCUT2D eigenvalue weighted by Gasteiger charge is -2.24. The normalized spacial score (nSPS) is 16.0. The van der Waals surface area contributed by atoms with E-state index in [9.17, 15) is 9.50 Å². The second-order valence-electron chi connectivity index (χ2n) is 7.86. The van der Waals surface area contributed by atoms with Crippen LogP contribution < -0.4 is 5.73 Å². The van der Waals surface area contributed by atoms with Crippen LogP contribution in [0, 0.1) is 11.7 Å². The molecule has 152 valence electrons. The van der Waals surface area contributed by atoms with Gasteiger partial charge in [-0.2, -0.15) is 5.10 Å². The van der Waals surface area contributed by atoms with Crippen LogP contribution in [0.25, 0.3) is 22.3 Å². The number of aryl methyl sites for hydroxylation is 2. The lowest BCUT2D eigenvalue weighted by atomic mass is 9.82. The Bertz CT molecular complexity index is 1240. The van der Waals surface area contributed by atoms with Gasteiger partial charge in [-0.15, -0.1) is 0 Å². The third-order valence-electron chi connectivity index (χ3n) is 5.98. The number of aromatic hydroxyl groups is 1. The molecular weight excluding hydrogens is 381 g/mol. The number of anilines is 1. The summed E-state index contributed by atoms with van der Waals surface area (Å²) in [5, 5.41) is 14.8. The van der Waals surface area contributed by atoms with E-state index in [-0.39, 0.29) is 0 Å². The van der Waals surface area contributed by atoms with Crippen molar-refractivity contribution >= 4 is 16.9 Å². The summed E-state index contributed by atoms with van der Waals surface area (Å²) in [4.78, 5) is 8.49. The number of rotatable bonds is 4. The van der Waals surface area contributed by atoms with Gasteiger partial charge in [0.15, 0.2) is 17.2 Å². The van der Waals surface area contributed by atoms with Crippen LogP contribution in [0.5, 0.6) is 5.75 Å². The Labute approximate surface area is 173 Å². The molecule has 0 amide bonds. The van der Waals surface area contributed by atoms with Crippen molar-refractivity contribution in [1.82, 2.24) is 19.7 Å². The molecule has 0 spiro atoms. The predicted octanol–water partition coefficient (Wildman–Crippen LogP) is 4.12. The summed E-state index contributed by atoms with van der Waals surface area (Å²) in [6.07, 6.45) is 5.73. The Morgan fingerprint density at radius 2 is 1.97 bits per heavy atom. The molecule has 1 aliphatic rings. The highest BCUT2D eigenvalue weighted by molar-refractivity contribution is 5.98. The first-order valence-electron chi connectivity index (χ1n) is 10.1. The van der Waals surface area contributed by atoms with Crippen molar-refractivity contribution in [2.75, 3.05) is 5.73 Å². The van der Waals surface area contributed by atoms with E-state index < -0.39 is 11.6 Å². The highest BCUT2D eigenvalue weighted by Crippen LogP contribution is 2.33. The van der Waals surface area contributed by atoms with Gasteiger partial charge in [0.1, 0.15) is 17.8 Å². The third kappa shape index (κ3) is 3.26. The number of benzene rings is 2. The number of phenols is 1. The SMILES string of the molecule is Nc1ncnc2c1c(-c1ccc(O)c(F)c1)nn2CCC1CCc2ccccc2C1. The number of aromatic nitrogens is 4. The van der Waals surface area contributed by atoms with Gasteiger partial charge in [-0.25, -0.2) is 19.0 Å². The van der Waals surface area contributed by atoms with Crippen LogP contribution >= 0.6 is 0 Å². The van der Waals surface area contributed by atoms with Gasteiger partial charge >= 0.3 is 0 Å². The maximum atomic E-state index is 13.9. The lowest BCUT2D eigenvalue weighted by molar-refractivity contribution is 0.391. The van der Waals surface area contributed by atoms with Gasteiger partial charge in [-0.3, -0.25) is 0 Å². The third-order valence-corrected chi connectivity index (χ3v) is 5.98. The molecule has 0 fully saturated rings. The molecule has 30 heavy (non-hydrogen) atoms. The second kappa shape index (κ2) is 7.40. The van der Waals surface area contributed by atoms with E-state index in [1.54, 1.807) is 6.07 Å². The van der Waals surface area contributed by atoms with E-state index in [4.69, 9.17) is 10.8 Å². The zero-order valence-corrected chi connectivity index (χ0v) is 16.4. The zero-order chi connectivity index (χ0) is 20.7. The van der Waals surface area contributed by atoms with Crippen LogP contribution in [0.1, 0.15) is 24.0 Å². The fourth-order valence-electron chi connectivity index (χ4n) is 4.37. The van der Waals surface area contributed by atoms with Crippen molar-refractivity contribution < 1.29 is 9.50 Å². The molecule has 2 aromatic heterocycles. The molecule has 0 aliphatic heterocycles. The number of nitrogens with two attached hydrogens (primary N) is 1. The molecule has 1 atom stereocenters. The molecular formula is C23H22FN5O. The largest absolute Gasteiger partial charge is 0.505 e. The van der Waals surface area contributed by atoms with Crippen molar-refractivity contribution in [3.63, 3.8) is 0 Å². The number of nitrogen functional groups attached to an aromatic ring is 1. The summed E-state index contributed by atoms with van der Waals surface area (Å²) >= 11 is 0. The predicted molar refractivity (Wildman–Crippen MR) is 113 cm³/mol. The number of hydrogen-bond donors (Lipinski definition) is 2. The Balaban J connectivity index is 1.45. The van der Waals surface area contributed by atoms with Crippen molar-refractivity contribution in [1.29, 1.82) is 0 Å².